The molecular weight excluding hydrogens is 214 g/mol. The predicted molar refractivity (Wildman–Crippen MR) is 68.5 cm³/mol. The topological polar surface area (TPSA) is 48.4 Å². The number of rotatable bonds is 1. The van der Waals surface area contributed by atoms with E-state index in [1.54, 1.807) is 6.07 Å². The van der Waals surface area contributed by atoms with Crippen molar-refractivity contribution in [1.82, 2.24) is 10.3 Å². The number of anilines is 1. The van der Waals surface area contributed by atoms with Crippen molar-refractivity contribution >= 4 is 16.7 Å². The number of fused-ring (bicyclic) bond motifs is 1. The van der Waals surface area contributed by atoms with Gasteiger partial charge in [0, 0.05) is 31.6 Å². The van der Waals surface area contributed by atoms with Gasteiger partial charge in [0.1, 0.15) is 17.1 Å². The second kappa shape index (κ2) is 4.22. The van der Waals surface area contributed by atoms with Crippen molar-refractivity contribution in [1.29, 1.82) is 0 Å². The summed E-state index contributed by atoms with van der Waals surface area (Å²) in [6, 6.07) is 9.51. The fourth-order valence-corrected chi connectivity index (χ4v) is 2.19. The maximum Gasteiger partial charge on any atom is 0.141 e. The Hall–Kier alpha value is -1.81. The first-order chi connectivity index (χ1) is 8.34. The number of aromatic hydroxyl groups is 1. The number of pyridine rings is 1. The molecule has 0 aliphatic carbocycles. The Morgan fingerprint density at radius 3 is 2.76 bits per heavy atom. The van der Waals surface area contributed by atoms with Crippen molar-refractivity contribution in [2.24, 2.45) is 0 Å². The van der Waals surface area contributed by atoms with E-state index in [9.17, 15) is 5.11 Å². The highest BCUT2D eigenvalue weighted by Crippen LogP contribution is 2.25. The van der Waals surface area contributed by atoms with E-state index in [1.807, 2.05) is 24.3 Å². The molecule has 4 nitrogen and oxygen atoms in total. The summed E-state index contributed by atoms with van der Waals surface area (Å²) in [4.78, 5) is 6.79. The summed E-state index contributed by atoms with van der Waals surface area (Å²) < 4.78 is 0. The minimum atomic E-state index is 0.250. The van der Waals surface area contributed by atoms with Gasteiger partial charge >= 0.3 is 0 Å². The molecule has 1 fully saturated rings. The van der Waals surface area contributed by atoms with E-state index in [4.69, 9.17) is 0 Å². The van der Waals surface area contributed by atoms with Gasteiger partial charge in [-0.3, -0.25) is 0 Å². The number of phenolic OH excluding ortho intramolecular Hbond substituents is 1. The van der Waals surface area contributed by atoms with Crippen LogP contribution in [-0.4, -0.2) is 36.3 Å². The Labute approximate surface area is 99.9 Å². The Bertz CT molecular complexity index is 535. The first kappa shape index (κ1) is 10.4. The van der Waals surface area contributed by atoms with Gasteiger partial charge in [-0.05, 0) is 18.2 Å². The van der Waals surface area contributed by atoms with Crippen LogP contribution in [-0.2, 0) is 0 Å². The van der Waals surface area contributed by atoms with Crippen LogP contribution in [0.15, 0.2) is 30.3 Å². The summed E-state index contributed by atoms with van der Waals surface area (Å²) in [6.07, 6.45) is 0. The molecular formula is C13H15N3O. The molecule has 0 atom stereocenters. The van der Waals surface area contributed by atoms with Gasteiger partial charge in [0.25, 0.3) is 0 Å². The first-order valence-electron chi connectivity index (χ1n) is 5.89. The van der Waals surface area contributed by atoms with Crippen molar-refractivity contribution in [3.8, 4) is 5.75 Å². The highest BCUT2D eigenvalue weighted by molar-refractivity contribution is 5.85. The zero-order valence-electron chi connectivity index (χ0n) is 9.56. The number of piperazine rings is 1. The molecule has 1 aliphatic heterocycles. The lowest BCUT2D eigenvalue weighted by Crippen LogP contribution is -2.43. The van der Waals surface area contributed by atoms with Gasteiger partial charge in [0.2, 0.25) is 0 Å². The third-order valence-corrected chi connectivity index (χ3v) is 3.13. The second-order valence-corrected chi connectivity index (χ2v) is 4.26. The Morgan fingerprint density at radius 2 is 1.94 bits per heavy atom. The molecule has 4 heteroatoms. The Morgan fingerprint density at radius 1 is 1.12 bits per heavy atom. The summed E-state index contributed by atoms with van der Waals surface area (Å²) in [7, 11) is 0. The summed E-state index contributed by atoms with van der Waals surface area (Å²) in [5.41, 5.74) is 0.684. The Balaban J connectivity index is 2.03. The highest BCUT2D eigenvalue weighted by Gasteiger charge is 2.12. The Kier molecular flexibility index (Phi) is 2.57. The lowest BCUT2D eigenvalue weighted by Gasteiger charge is -2.28. The lowest BCUT2D eigenvalue weighted by atomic mass is 10.2. The quantitative estimate of drug-likeness (QED) is 0.775. The van der Waals surface area contributed by atoms with Gasteiger partial charge < -0.3 is 15.3 Å². The minimum Gasteiger partial charge on any atom is -0.506 e. The van der Waals surface area contributed by atoms with Crippen molar-refractivity contribution in [2.75, 3.05) is 31.1 Å². The van der Waals surface area contributed by atoms with E-state index in [-0.39, 0.29) is 5.75 Å². The van der Waals surface area contributed by atoms with Crippen molar-refractivity contribution in [2.45, 2.75) is 0 Å². The molecule has 88 valence electrons. The molecule has 17 heavy (non-hydrogen) atoms. The summed E-state index contributed by atoms with van der Waals surface area (Å²) in [5.74, 6) is 1.19. The summed E-state index contributed by atoms with van der Waals surface area (Å²) in [6.45, 7) is 3.90. The third kappa shape index (κ3) is 1.91. The molecule has 0 unspecified atom stereocenters. The number of phenols is 1. The van der Waals surface area contributed by atoms with Crippen LogP contribution in [0.4, 0.5) is 5.82 Å². The molecule has 1 aromatic heterocycles. The van der Waals surface area contributed by atoms with Crippen LogP contribution in [0, 0.1) is 0 Å². The molecule has 0 saturated carbocycles. The fraction of sp³-hybridized carbons (Fsp3) is 0.308. The van der Waals surface area contributed by atoms with E-state index in [0.717, 1.165) is 37.4 Å². The molecule has 0 spiro atoms. The normalized spacial score (nSPS) is 16.4. The van der Waals surface area contributed by atoms with Gasteiger partial charge in [0.05, 0.1) is 0 Å². The van der Waals surface area contributed by atoms with Crippen LogP contribution in [0.3, 0.4) is 0 Å². The number of hydrogen-bond acceptors (Lipinski definition) is 4. The predicted octanol–water partition coefficient (Wildman–Crippen LogP) is 1.35. The van der Waals surface area contributed by atoms with Gasteiger partial charge in [-0.25, -0.2) is 4.98 Å². The maximum atomic E-state index is 9.80. The molecule has 1 aromatic carbocycles. The van der Waals surface area contributed by atoms with Crippen LogP contribution >= 0.6 is 0 Å². The van der Waals surface area contributed by atoms with E-state index in [0.29, 0.717) is 5.52 Å². The zero-order valence-corrected chi connectivity index (χ0v) is 9.56. The molecule has 1 aliphatic rings. The summed E-state index contributed by atoms with van der Waals surface area (Å²) >= 11 is 0. The number of para-hydroxylation sites is 1. The van der Waals surface area contributed by atoms with Crippen molar-refractivity contribution in [3.05, 3.63) is 30.3 Å². The molecule has 2 N–H and O–H groups in total. The second-order valence-electron chi connectivity index (χ2n) is 4.26. The zero-order chi connectivity index (χ0) is 11.7. The van der Waals surface area contributed by atoms with Gasteiger partial charge in [-0.2, -0.15) is 0 Å². The average molecular weight is 229 g/mol. The third-order valence-electron chi connectivity index (χ3n) is 3.13. The monoisotopic (exact) mass is 229 g/mol. The van der Waals surface area contributed by atoms with Crippen LogP contribution in [0.2, 0.25) is 0 Å². The van der Waals surface area contributed by atoms with E-state index in [2.05, 4.69) is 15.2 Å². The van der Waals surface area contributed by atoms with Crippen LogP contribution in [0.25, 0.3) is 10.9 Å². The lowest BCUT2D eigenvalue weighted by molar-refractivity contribution is 0.480. The molecule has 0 amide bonds. The number of nitrogens with zero attached hydrogens (tertiary/aromatic N) is 2. The molecule has 2 aromatic rings. The van der Waals surface area contributed by atoms with Gasteiger partial charge in [-0.1, -0.05) is 12.1 Å². The molecule has 0 radical (unpaired) electrons. The molecule has 0 bridgehead atoms. The standard InChI is InChI=1S/C13H15N3O/c17-11-3-1-2-10-4-5-12(15-13(10)11)16-8-6-14-7-9-16/h1-5,14,17H,6-9H2. The van der Waals surface area contributed by atoms with Crippen LogP contribution < -0.4 is 10.2 Å². The number of benzene rings is 1. The average Bonchev–Trinajstić information content (AvgIpc) is 2.40. The number of hydrogen-bond donors (Lipinski definition) is 2. The number of aromatic nitrogens is 1. The molecule has 2 heterocycles. The summed E-state index contributed by atoms with van der Waals surface area (Å²) in [5, 5.41) is 14.1. The van der Waals surface area contributed by atoms with Crippen molar-refractivity contribution in [3.63, 3.8) is 0 Å². The smallest absolute Gasteiger partial charge is 0.141 e. The molecule has 3 rings (SSSR count). The SMILES string of the molecule is Oc1cccc2ccc(N3CCNCC3)nc12. The highest BCUT2D eigenvalue weighted by atomic mass is 16.3. The largest absolute Gasteiger partial charge is 0.506 e. The van der Waals surface area contributed by atoms with Crippen LogP contribution in [0.5, 0.6) is 5.75 Å². The van der Waals surface area contributed by atoms with Crippen molar-refractivity contribution < 1.29 is 5.11 Å². The minimum absolute atomic E-state index is 0.250. The maximum absolute atomic E-state index is 9.80. The fourth-order valence-electron chi connectivity index (χ4n) is 2.19. The van der Waals surface area contributed by atoms with Gasteiger partial charge in [0.15, 0.2) is 0 Å². The van der Waals surface area contributed by atoms with Gasteiger partial charge in [-0.15, -0.1) is 0 Å². The molecule has 1 saturated heterocycles. The van der Waals surface area contributed by atoms with E-state index >= 15 is 0 Å². The van der Waals surface area contributed by atoms with E-state index in [1.165, 1.54) is 0 Å². The number of nitrogens with one attached hydrogen (secondary N) is 1. The first-order valence-corrected chi connectivity index (χ1v) is 5.89. The van der Waals surface area contributed by atoms with E-state index < -0.39 is 0 Å². The van der Waals surface area contributed by atoms with Crippen LogP contribution in [0.1, 0.15) is 0 Å².